The van der Waals surface area contributed by atoms with Crippen LogP contribution in [0.3, 0.4) is 0 Å². The van der Waals surface area contributed by atoms with Crippen molar-refractivity contribution in [2.24, 2.45) is 0 Å². The number of thiazole rings is 1. The SMILES string of the molecule is Cc1nc(-c2ccc(N)cc2)sc1C(=O)O. The Morgan fingerprint density at radius 3 is 2.50 bits per heavy atom. The highest BCUT2D eigenvalue weighted by Crippen LogP contribution is 2.28. The second kappa shape index (κ2) is 3.94. The number of anilines is 1. The van der Waals surface area contributed by atoms with Crippen LogP contribution in [0.5, 0.6) is 0 Å². The first-order valence-corrected chi connectivity index (χ1v) is 5.46. The molecule has 0 atom stereocenters. The van der Waals surface area contributed by atoms with Gasteiger partial charge in [0.1, 0.15) is 9.88 Å². The Labute approximate surface area is 96.4 Å². The van der Waals surface area contributed by atoms with Crippen LogP contribution in [0.15, 0.2) is 24.3 Å². The average Bonchev–Trinajstić information content (AvgIpc) is 2.61. The van der Waals surface area contributed by atoms with E-state index in [1.54, 1.807) is 19.1 Å². The Bertz CT molecular complexity index is 531. The Balaban J connectivity index is 2.45. The summed E-state index contributed by atoms with van der Waals surface area (Å²) in [4.78, 5) is 15.4. The van der Waals surface area contributed by atoms with E-state index in [4.69, 9.17) is 10.8 Å². The normalized spacial score (nSPS) is 10.3. The first kappa shape index (κ1) is 10.6. The molecule has 1 aromatic carbocycles. The van der Waals surface area contributed by atoms with Gasteiger partial charge in [-0.2, -0.15) is 0 Å². The molecule has 2 rings (SSSR count). The number of benzene rings is 1. The summed E-state index contributed by atoms with van der Waals surface area (Å²) in [6.45, 7) is 1.70. The fourth-order valence-corrected chi connectivity index (χ4v) is 2.25. The van der Waals surface area contributed by atoms with Gasteiger partial charge in [0.25, 0.3) is 0 Å². The van der Waals surface area contributed by atoms with E-state index in [1.165, 1.54) is 11.3 Å². The predicted octanol–water partition coefficient (Wildman–Crippen LogP) is 2.40. The number of carbonyl (C=O) groups is 1. The van der Waals surface area contributed by atoms with Crippen LogP contribution in [-0.2, 0) is 0 Å². The van der Waals surface area contributed by atoms with Crippen LogP contribution in [-0.4, -0.2) is 16.1 Å². The van der Waals surface area contributed by atoms with Crippen molar-refractivity contribution in [3.8, 4) is 10.6 Å². The Morgan fingerprint density at radius 1 is 1.38 bits per heavy atom. The molecule has 0 aliphatic carbocycles. The van der Waals surface area contributed by atoms with Gasteiger partial charge in [0.15, 0.2) is 0 Å². The largest absolute Gasteiger partial charge is 0.477 e. The minimum Gasteiger partial charge on any atom is -0.477 e. The predicted molar refractivity (Wildman–Crippen MR) is 63.7 cm³/mol. The standard InChI is InChI=1S/C11H10N2O2S/c1-6-9(11(14)15)16-10(13-6)7-2-4-8(12)5-3-7/h2-5H,12H2,1H3,(H,14,15). The van der Waals surface area contributed by atoms with E-state index in [-0.39, 0.29) is 4.88 Å². The number of nitrogens with two attached hydrogens (primary N) is 1. The monoisotopic (exact) mass is 234 g/mol. The highest BCUT2D eigenvalue weighted by molar-refractivity contribution is 7.17. The fourth-order valence-electron chi connectivity index (χ4n) is 1.34. The molecule has 3 N–H and O–H groups in total. The van der Waals surface area contributed by atoms with Crippen LogP contribution < -0.4 is 5.73 Å². The molecule has 0 bridgehead atoms. The van der Waals surface area contributed by atoms with Crippen LogP contribution in [0.1, 0.15) is 15.4 Å². The summed E-state index contributed by atoms with van der Waals surface area (Å²) in [5, 5.41) is 9.62. The molecule has 2 aromatic rings. The number of carboxylic acids is 1. The fraction of sp³-hybridized carbons (Fsp3) is 0.0909. The van der Waals surface area contributed by atoms with Gasteiger partial charge in [0.05, 0.1) is 5.69 Å². The van der Waals surface area contributed by atoms with Gasteiger partial charge in [-0.05, 0) is 31.2 Å². The lowest BCUT2D eigenvalue weighted by Crippen LogP contribution is -1.94. The van der Waals surface area contributed by atoms with E-state index in [9.17, 15) is 4.79 Å². The molecule has 0 saturated heterocycles. The van der Waals surface area contributed by atoms with E-state index in [0.717, 1.165) is 5.56 Å². The third-order valence-corrected chi connectivity index (χ3v) is 3.34. The number of hydrogen-bond donors (Lipinski definition) is 2. The van der Waals surface area contributed by atoms with Crippen molar-refractivity contribution in [1.29, 1.82) is 0 Å². The number of rotatable bonds is 2. The minimum atomic E-state index is -0.934. The van der Waals surface area contributed by atoms with Crippen LogP contribution in [0, 0.1) is 6.92 Å². The van der Waals surface area contributed by atoms with Gasteiger partial charge in [-0.3, -0.25) is 0 Å². The van der Waals surface area contributed by atoms with Crippen LogP contribution in [0.25, 0.3) is 10.6 Å². The second-order valence-electron chi connectivity index (χ2n) is 3.36. The molecule has 82 valence electrons. The minimum absolute atomic E-state index is 0.284. The number of aromatic nitrogens is 1. The molecule has 5 heteroatoms. The summed E-state index contributed by atoms with van der Waals surface area (Å²) in [5.74, 6) is -0.934. The molecule has 0 aliphatic rings. The van der Waals surface area contributed by atoms with Crippen molar-refractivity contribution >= 4 is 23.0 Å². The van der Waals surface area contributed by atoms with Gasteiger partial charge in [0, 0.05) is 11.3 Å². The maximum absolute atomic E-state index is 10.9. The summed E-state index contributed by atoms with van der Waals surface area (Å²) >= 11 is 1.18. The van der Waals surface area contributed by atoms with Crippen molar-refractivity contribution in [2.45, 2.75) is 6.92 Å². The molecule has 16 heavy (non-hydrogen) atoms. The molecular weight excluding hydrogens is 224 g/mol. The maximum atomic E-state index is 10.9. The number of carboxylic acid groups (broad SMARTS) is 1. The first-order valence-electron chi connectivity index (χ1n) is 4.64. The van der Waals surface area contributed by atoms with Crippen LogP contribution >= 0.6 is 11.3 Å². The first-order chi connectivity index (χ1) is 7.58. The number of aryl methyl sites for hydroxylation is 1. The third-order valence-electron chi connectivity index (χ3n) is 2.15. The van der Waals surface area contributed by atoms with Crippen LogP contribution in [0.2, 0.25) is 0 Å². The molecule has 0 fully saturated rings. The van der Waals surface area contributed by atoms with Gasteiger partial charge in [-0.1, -0.05) is 0 Å². The van der Waals surface area contributed by atoms with Crippen molar-refractivity contribution < 1.29 is 9.90 Å². The quantitative estimate of drug-likeness (QED) is 0.782. The lowest BCUT2D eigenvalue weighted by molar-refractivity contribution is 0.0701. The summed E-state index contributed by atoms with van der Waals surface area (Å²) in [5.41, 5.74) is 7.68. The van der Waals surface area contributed by atoms with Gasteiger partial charge in [0.2, 0.25) is 0 Å². The van der Waals surface area contributed by atoms with Crippen LogP contribution in [0.4, 0.5) is 5.69 Å². The van der Waals surface area contributed by atoms with E-state index in [1.807, 2.05) is 12.1 Å². The van der Waals surface area contributed by atoms with E-state index in [2.05, 4.69) is 4.98 Å². The molecule has 1 heterocycles. The zero-order chi connectivity index (χ0) is 11.7. The summed E-state index contributed by atoms with van der Waals surface area (Å²) < 4.78 is 0. The van der Waals surface area contributed by atoms with Crippen molar-refractivity contribution in [1.82, 2.24) is 4.98 Å². The maximum Gasteiger partial charge on any atom is 0.347 e. The number of nitrogen functional groups attached to an aromatic ring is 1. The summed E-state index contributed by atoms with van der Waals surface area (Å²) in [6.07, 6.45) is 0. The second-order valence-corrected chi connectivity index (χ2v) is 4.36. The topological polar surface area (TPSA) is 76.2 Å². The van der Waals surface area contributed by atoms with Gasteiger partial charge >= 0.3 is 5.97 Å². The zero-order valence-corrected chi connectivity index (χ0v) is 9.41. The van der Waals surface area contributed by atoms with Gasteiger partial charge in [-0.25, -0.2) is 9.78 Å². The Kier molecular flexibility index (Phi) is 2.62. The van der Waals surface area contributed by atoms with E-state index < -0.39 is 5.97 Å². The van der Waals surface area contributed by atoms with Crippen molar-refractivity contribution in [2.75, 3.05) is 5.73 Å². The molecule has 0 spiro atoms. The van der Waals surface area contributed by atoms with Crippen molar-refractivity contribution in [3.05, 3.63) is 34.8 Å². The lowest BCUT2D eigenvalue weighted by Gasteiger charge is -1.96. The molecular formula is C11H10N2O2S. The lowest BCUT2D eigenvalue weighted by atomic mass is 10.2. The highest BCUT2D eigenvalue weighted by atomic mass is 32.1. The van der Waals surface area contributed by atoms with Gasteiger partial charge in [-0.15, -0.1) is 11.3 Å². The Morgan fingerprint density at radius 2 is 2.00 bits per heavy atom. The molecule has 4 nitrogen and oxygen atoms in total. The van der Waals surface area contributed by atoms with Gasteiger partial charge < -0.3 is 10.8 Å². The average molecular weight is 234 g/mol. The molecule has 0 radical (unpaired) electrons. The van der Waals surface area contributed by atoms with E-state index >= 15 is 0 Å². The smallest absolute Gasteiger partial charge is 0.347 e. The summed E-state index contributed by atoms with van der Waals surface area (Å²) in [6, 6.07) is 7.21. The molecule has 0 aliphatic heterocycles. The zero-order valence-electron chi connectivity index (χ0n) is 8.60. The number of nitrogens with zero attached hydrogens (tertiary/aromatic N) is 1. The molecule has 1 aromatic heterocycles. The highest BCUT2D eigenvalue weighted by Gasteiger charge is 2.14. The molecule has 0 saturated carbocycles. The Hall–Kier alpha value is -1.88. The van der Waals surface area contributed by atoms with Crippen molar-refractivity contribution in [3.63, 3.8) is 0 Å². The number of aromatic carboxylic acids is 1. The number of hydrogen-bond acceptors (Lipinski definition) is 4. The summed E-state index contributed by atoms with van der Waals surface area (Å²) in [7, 11) is 0. The third kappa shape index (κ3) is 1.90. The van der Waals surface area contributed by atoms with E-state index in [0.29, 0.717) is 16.4 Å². The molecule has 0 amide bonds. The molecule has 0 unspecified atom stereocenters.